The normalized spacial score (nSPS) is 16.9. The van der Waals surface area contributed by atoms with Crippen LogP contribution in [0.15, 0.2) is 27.6 Å². The molecule has 0 radical (unpaired) electrons. The van der Waals surface area contributed by atoms with Crippen molar-refractivity contribution in [2.75, 3.05) is 6.54 Å². The Balaban J connectivity index is 2.35. The molecule has 1 aliphatic carbocycles. The van der Waals surface area contributed by atoms with Crippen LogP contribution in [0.2, 0.25) is 0 Å². The second-order valence-electron chi connectivity index (χ2n) is 4.67. The third kappa shape index (κ3) is 3.35. The molecule has 20 heavy (non-hydrogen) atoms. The molecule has 0 aromatic heterocycles. The quantitative estimate of drug-likeness (QED) is 0.584. The van der Waals surface area contributed by atoms with Gasteiger partial charge in [0.05, 0.1) is 4.92 Å². The Bertz CT molecular complexity index is 631. The molecule has 1 aromatic rings. The van der Waals surface area contributed by atoms with Crippen molar-refractivity contribution < 1.29 is 13.3 Å². The fourth-order valence-corrected chi connectivity index (χ4v) is 3.78. The van der Waals surface area contributed by atoms with Crippen LogP contribution in [0, 0.1) is 16.0 Å². The van der Waals surface area contributed by atoms with Crippen molar-refractivity contribution in [2.45, 2.75) is 23.8 Å². The standard InChI is InChI=1S/C11H14BrN3O4S/c12-8-3-4-11(10(5-8)15(16)17)20(18,19)14-9(6-13)7-1-2-7/h3-5,7,9,14H,1-2,6,13H2. The minimum absolute atomic E-state index is 0.175. The number of hydrogen-bond donors (Lipinski definition) is 2. The highest BCUT2D eigenvalue weighted by molar-refractivity contribution is 9.10. The SMILES string of the molecule is NCC(NS(=O)(=O)c1ccc(Br)cc1[N+](=O)[O-])C1CC1. The molecule has 1 aromatic carbocycles. The number of sulfonamides is 1. The van der Waals surface area contributed by atoms with E-state index in [1.165, 1.54) is 18.2 Å². The number of rotatable bonds is 6. The highest BCUT2D eigenvalue weighted by Gasteiger charge is 2.35. The van der Waals surface area contributed by atoms with E-state index in [-0.39, 0.29) is 23.4 Å². The third-order valence-corrected chi connectivity index (χ3v) is 5.19. The number of halogens is 1. The van der Waals surface area contributed by atoms with E-state index in [0.717, 1.165) is 12.8 Å². The van der Waals surface area contributed by atoms with E-state index in [1.54, 1.807) is 0 Å². The maximum Gasteiger partial charge on any atom is 0.290 e. The third-order valence-electron chi connectivity index (χ3n) is 3.16. The van der Waals surface area contributed by atoms with Gasteiger partial charge in [0.15, 0.2) is 4.90 Å². The monoisotopic (exact) mass is 363 g/mol. The molecule has 7 nitrogen and oxygen atoms in total. The van der Waals surface area contributed by atoms with Gasteiger partial charge in [-0.3, -0.25) is 10.1 Å². The second kappa shape index (κ2) is 5.76. The zero-order chi connectivity index (χ0) is 14.9. The Kier molecular flexibility index (Phi) is 4.43. The average Bonchev–Trinajstić information content (AvgIpc) is 3.19. The van der Waals surface area contributed by atoms with Crippen LogP contribution in [-0.2, 0) is 10.0 Å². The molecule has 3 N–H and O–H groups in total. The van der Waals surface area contributed by atoms with Crippen LogP contribution >= 0.6 is 15.9 Å². The summed E-state index contributed by atoms with van der Waals surface area (Å²) in [6, 6.07) is 3.47. The molecule has 0 bridgehead atoms. The van der Waals surface area contributed by atoms with Gasteiger partial charge < -0.3 is 5.73 Å². The predicted octanol–water partition coefficient (Wildman–Crippen LogP) is 1.37. The Morgan fingerprint density at radius 2 is 2.15 bits per heavy atom. The van der Waals surface area contributed by atoms with Crippen molar-refractivity contribution >= 4 is 31.6 Å². The maximum atomic E-state index is 12.3. The molecular formula is C11H14BrN3O4S. The molecule has 0 amide bonds. The minimum atomic E-state index is -3.96. The molecule has 1 fully saturated rings. The highest BCUT2D eigenvalue weighted by atomic mass is 79.9. The first kappa shape index (κ1) is 15.4. The first-order chi connectivity index (χ1) is 9.35. The van der Waals surface area contributed by atoms with Crippen LogP contribution in [0.5, 0.6) is 0 Å². The maximum absolute atomic E-state index is 12.3. The summed E-state index contributed by atoms with van der Waals surface area (Å²) >= 11 is 3.09. The molecule has 0 heterocycles. The van der Waals surface area contributed by atoms with Crippen LogP contribution < -0.4 is 10.5 Å². The zero-order valence-electron chi connectivity index (χ0n) is 10.5. The summed E-state index contributed by atoms with van der Waals surface area (Å²) in [5.41, 5.74) is 5.09. The Hall–Kier alpha value is -1.03. The highest BCUT2D eigenvalue weighted by Crippen LogP contribution is 2.34. The number of nitrogens with two attached hydrogens (primary N) is 1. The summed E-state index contributed by atoms with van der Waals surface area (Å²) < 4.78 is 27.5. The number of nitrogens with one attached hydrogen (secondary N) is 1. The van der Waals surface area contributed by atoms with Gasteiger partial charge in [0, 0.05) is 23.1 Å². The molecule has 0 aliphatic heterocycles. The Labute approximate surface area is 124 Å². The lowest BCUT2D eigenvalue weighted by Gasteiger charge is -2.16. The molecule has 1 atom stereocenters. The topological polar surface area (TPSA) is 115 Å². The zero-order valence-corrected chi connectivity index (χ0v) is 12.9. The van der Waals surface area contributed by atoms with Crippen molar-refractivity contribution in [1.29, 1.82) is 0 Å². The lowest BCUT2D eigenvalue weighted by atomic mass is 10.2. The number of benzene rings is 1. The molecule has 9 heteroatoms. The van der Waals surface area contributed by atoms with Gasteiger partial charge in [0.2, 0.25) is 10.0 Å². The molecule has 1 aliphatic rings. The fraction of sp³-hybridized carbons (Fsp3) is 0.455. The molecule has 0 spiro atoms. The van der Waals surface area contributed by atoms with E-state index in [4.69, 9.17) is 5.73 Å². The van der Waals surface area contributed by atoms with Crippen LogP contribution in [0.3, 0.4) is 0 Å². The van der Waals surface area contributed by atoms with Gasteiger partial charge in [-0.2, -0.15) is 0 Å². The summed E-state index contributed by atoms with van der Waals surface area (Å²) in [5, 5.41) is 11.0. The predicted molar refractivity (Wildman–Crippen MR) is 76.7 cm³/mol. The van der Waals surface area contributed by atoms with E-state index in [1.807, 2.05) is 0 Å². The van der Waals surface area contributed by atoms with Crippen molar-refractivity contribution in [2.24, 2.45) is 11.7 Å². The van der Waals surface area contributed by atoms with Crippen LogP contribution in [0.4, 0.5) is 5.69 Å². The lowest BCUT2D eigenvalue weighted by Crippen LogP contribution is -2.41. The van der Waals surface area contributed by atoms with E-state index >= 15 is 0 Å². The summed E-state index contributed by atoms with van der Waals surface area (Å²) in [6.07, 6.45) is 1.85. The first-order valence-electron chi connectivity index (χ1n) is 6.01. The van der Waals surface area contributed by atoms with Gasteiger partial charge in [-0.05, 0) is 30.9 Å². The number of hydrogen-bond acceptors (Lipinski definition) is 5. The van der Waals surface area contributed by atoms with E-state index in [9.17, 15) is 18.5 Å². The number of nitro groups is 1. The van der Waals surface area contributed by atoms with E-state index in [0.29, 0.717) is 4.47 Å². The molecule has 110 valence electrons. The fourth-order valence-electron chi connectivity index (χ4n) is 1.96. The van der Waals surface area contributed by atoms with Gasteiger partial charge in [0.1, 0.15) is 0 Å². The van der Waals surface area contributed by atoms with Crippen LogP contribution in [0.1, 0.15) is 12.8 Å². The second-order valence-corrected chi connectivity index (χ2v) is 7.27. The van der Waals surface area contributed by atoms with Crippen molar-refractivity contribution in [3.8, 4) is 0 Å². The summed E-state index contributed by atoms with van der Waals surface area (Å²) in [4.78, 5) is 9.93. The van der Waals surface area contributed by atoms with E-state index in [2.05, 4.69) is 20.7 Å². The summed E-state index contributed by atoms with van der Waals surface area (Å²) in [5.74, 6) is 0.226. The van der Waals surface area contributed by atoms with Crippen molar-refractivity contribution in [3.05, 3.63) is 32.8 Å². The largest absolute Gasteiger partial charge is 0.329 e. The lowest BCUT2D eigenvalue weighted by molar-refractivity contribution is -0.387. The Morgan fingerprint density at radius 3 is 2.65 bits per heavy atom. The molecule has 1 saturated carbocycles. The smallest absolute Gasteiger partial charge is 0.290 e. The first-order valence-corrected chi connectivity index (χ1v) is 8.29. The summed E-state index contributed by atoms with van der Waals surface area (Å²) in [7, 11) is -3.96. The minimum Gasteiger partial charge on any atom is -0.329 e. The summed E-state index contributed by atoms with van der Waals surface area (Å²) in [6.45, 7) is 0.175. The van der Waals surface area contributed by atoms with Crippen LogP contribution in [-0.4, -0.2) is 25.9 Å². The van der Waals surface area contributed by atoms with Crippen molar-refractivity contribution in [1.82, 2.24) is 4.72 Å². The molecule has 1 unspecified atom stereocenters. The van der Waals surface area contributed by atoms with Crippen molar-refractivity contribution in [3.63, 3.8) is 0 Å². The average molecular weight is 364 g/mol. The molecular weight excluding hydrogens is 350 g/mol. The van der Waals surface area contributed by atoms with Gasteiger partial charge in [-0.15, -0.1) is 0 Å². The van der Waals surface area contributed by atoms with Gasteiger partial charge in [-0.1, -0.05) is 15.9 Å². The molecule has 2 rings (SSSR count). The van der Waals surface area contributed by atoms with Gasteiger partial charge in [-0.25, -0.2) is 13.1 Å². The number of nitrogens with zero attached hydrogens (tertiary/aromatic N) is 1. The molecule has 0 saturated heterocycles. The van der Waals surface area contributed by atoms with Gasteiger partial charge >= 0.3 is 0 Å². The Morgan fingerprint density at radius 1 is 1.50 bits per heavy atom. The number of nitro benzene ring substituents is 1. The van der Waals surface area contributed by atoms with Gasteiger partial charge in [0.25, 0.3) is 5.69 Å². The van der Waals surface area contributed by atoms with E-state index < -0.39 is 20.6 Å². The van der Waals surface area contributed by atoms with Crippen LogP contribution in [0.25, 0.3) is 0 Å².